The van der Waals surface area contributed by atoms with E-state index in [0.29, 0.717) is 23.9 Å². The normalized spacial score (nSPS) is 14.5. The van der Waals surface area contributed by atoms with E-state index in [9.17, 15) is 19.4 Å². The van der Waals surface area contributed by atoms with E-state index in [0.717, 1.165) is 44.9 Å². The van der Waals surface area contributed by atoms with Gasteiger partial charge in [-0.2, -0.15) is 0 Å². The summed E-state index contributed by atoms with van der Waals surface area (Å²) >= 11 is 0. The Morgan fingerprint density at radius 1 is 0.618 bits per heavy atom. The molecular formula is C46H92N2O6P+. The molecule has 0 aliphatic carbocycles. The summed E-state index contributed by atoms with van der Waals surface area (Å²) in [5.41, 5.74) is 0. The fraction of sp³-hybridized carbons (Fsp3) is 0.891. The van der Waals surface area contributed by atoms with Crippen molar-refractivity contribution >= 4 is 13.7 Å². The highest BCUT2D eigenvalue weighted by Gasteiger charge is 2.28. The van der Waals surface area contributed by atoms with Crippen LogP contribution in [0.15, 0.2) is 24.3 Å². The van der Waals surface area contributed by atoms with Gasteiger partial charge in [-0.3, -0.25) is 13.8 Å². The minimum Gasteiger partial charge on any atom is -0.391 e. The van der Waals surface area contributed by atoms with Crippen LogP contribution in [0.1, 0.15) is 213 Å². The number of hydrogen-bond acceptors (Lipinski definition) is 5. The van der Waals surface area contributed by atoms with Crippen molar-refractivity contribution in [3.8, 4) is 0 Å². The fourth-order valence-corrected chi connectivity index (χ4v) is 7.46. The van der Waals surface area contributed by atoms with Crippen molar-refractivity contribution in [2.75, 3.05) is 40.9 Å². The largest absolute Gasteiger partial charge is 0.472 e. The van der Waals surface area contributed by atoms with Crippen molar-refractivity contribution in [1.29, 1.82) is 0 Å². The van der Waals surface area contributed by atoms with E-state index in [1.807, 2.05) is 21.1 Å². The van der Waals surface area contributed by atoms with E-state index in [4.69, 9.17) is 9.05 Å². The molecule has 0 aromatic rings. The maximum Gasteiger partial charge on any atom is 0.472 e. The van der Waals surface area contributed by atoms with Crippen LogP contribution in [-0.2, 0) is 18.4 Å². The number of nitrogens with one attached hydrogen (secondary N) is 1. The van der Waals surface area contributed by atoms with Crippen molar-refractivity contribution in [2.45, 2.75) is 225 Å². The van der Waals surface area contributed by atoms with Gasteiger partial charge in [0.15, 0.2) is 0 Å². The quantitative estimate of drug-likeness (QED) is 0.0246. The SMILES string of the molecule is CCCCCCC/C=C\C/C=C\CCCCCCCCCCCCCCCCCC(=O)NC(COP(=O)(O)OCC[N+](C)(C)C)C(O)CCCCCCCC. The second-order valence-electron chi connectivity index (χ2n) is 17.1. The van der Waals surface area contributed by atoms with Crippen LogP contribution in [0.25, 0.3) is 0 Å². The summed E-state index contributed by atoms with van der Waals surface area (Å²) in [7, 11) is 1.61. The van der Waals surface area contributed by atoms with Gasteiger partial charge in [0.1, 0.15) is 13.2 Å². The van der Waals surface area contributed by atoms with Gasteiger partial charge in [-0.25, -0.2) is 4.57 Å². The third-order valence-corrected chi connectivity index (χ3v) is 11.4. The fourth-order valence-electron chi connectivity index (χ4n) is 6.72. The highest BCUT2D eigenvalue weighted by atomic mass is 31.2. The number of aliphatic hydroxyl groups is 1. The van der Waals surface area contributed by atoms with Gasteiger partial charge in [-0.05, 0) is 44.9 Å². The van der Waals surface area contributed by atoms with Crippen molar-refractivity contribution in [3.63, 3.8) is 0 Å². The van der Waals surface area contributed by atoms with E-state index in [-0.39, 0.29) is 19.1 Å². The number of aliphatic hydroxyl groups excluding tert-OH is 1. The third-order valence-electron chi connectivity index (χ3n) is 10.5. The molecule has 0 saturated carbocycles. The number of quaternary nitrogens is 1. The van der Waals surface area contributed by atoms with Gasteiger partial charge in [-0.15, -0.1) is 0 Å². The number of amides is 1. The first-order valence-corrected chi connectivity index (χ1v) is 24.7. The standard InChI is InChI=1S/C46H91N2O6P/c1-6-8-10-12-14-15-16-17-18-19-20-21-22-23-24-25-26-27-28-29-30-31-32-33-34-36-38-40-46(50)47-44(45(49)39-37-35-13-11-9-7-2)43-54-55(51,52)53-42-41-48(3,4)5/h16-17,19-20,44-45,49H,6-15,18,21-43H2,1-5H3,(H-,47,50,51,52)/p+1/b17-16-,20-19-. The number of phosphoric ester groups is 1. The maximum absolute atomic E-state index is 12.8. The Morgan fingerprint density at radius 3 is 1.49 bits per heavy atom. The summed E-state index contributed by atoms with van der Waals surface area (Å²) in [4.78, 5) is 23.0. The Balaban J connectivity index is 3.96. The Labute approximate surface area is 341 Å². The summed E-state index contributed by atoms with van der Waals surface area (Å²) in [6.07, 6.45) is 45.4. The summed E-state index contributed by atoms with van der Waals surface area (Å²) in [6.45, 7) is 4.81. The monoisotopic (exact) mass is 800 g/mol. The average Bonchev–Trinajstić information content (AvgIpc) is 3.13. The third kappa shape index (κ3) is 41.0. The molecule has 0 radical (unpaired) electrons. The molecule has 0 aliphatic rings. The lowest BCUT2D eigenvalue weighted by Crippen LogP contribution is -2.46. The molecule has 0 heterocycles. The topological polar surface area (TPSA) is 105 Å². The molecule has 0 saturated heterocycles. The number of allylic oxidation sites excluding steroid dienone is 4. The molecular weight excluding hydrogens is 707 g/mol. The predicted octanol–water partition coefficient (Wildman–Crippen LogP) is 12.9. The second-order valence-corrected chi connectivity index (χ2v) is 18.6. The lowest BCUT2D eigenvalue weighted by Gasteiger charge is -2.26. The molecule has 0 aromatic heterocycles. The second kappa shape index (κ2) is 38.5. The van der Waals surface area contributed by atoms with Gasteiger partial charge in [0.2, 0.25) is 5.91 Å². The summed E-state index contributed by atoms with van der Waals surface area (Å²) in [5, 5.41) is 13.8. The van der Waals surface area contributed by atoms with Crippen molar-refractivity contribution < 1.29 is 32.9 Å². The maximum atomic E-state index is 12.8. The highest BCUT2D eigenvalue weighted by molar-refractivity contribution is 7.47. The predicted molar refractivity (Wildman–Crippen MR) is 235 cm³/mol. The highest BCUT2D eigenvalue weighted by Crippen LogP contribution is 2.43. The van der Waals surface area contributed by atoms with Gasteiger partial charge in [0.05, 0.1) is 39.9 Å². The smallest absolute Gasteiger partial charge is 0.391 e. The van der Waals surface area contributed by atoms with Crippen LogP contribution in [-0.4, -0.2) is 73.4 Å². The molecule has 0 spiro atoms. The van der Waals surface area contributed by atoms with Crippen LogP contribution in [0.3, 0.4) is 0 Å². The van der Waals surface area contributed by atoms with Crippen LogP contribution in [0.2, 0.25) is 0 Å². The Morgan fingerprint density at radius 2 is 1.04 bits per heavy atom. The minimum absolute atomic E-state index is 0.0751. The van der Waals surface area contributed by atoms with Crippen LogP contribution < -0.4 is 5.32 Å². The number of likely N-dealkylation sites (N-methyl/N-ethyl adjacent to an activating group) is 1. The van der Waals surface area contributed by atoms with Crippen LogP contribution in [0.4, 0.5) is 0 Å². The van der Waals surface area contributed by atoms with Crippen molar-refractivity contribution in [3.05, 3.63) is 24.3 Å². The van der Waals surface area contributed by atoms with Gasteiger partial charge in [0, 0.05) is 6.42 Å². The molecule has 0 aliphatic heterocycles. The van der Waals surface area contributed by atoms with E-state index in [1.165, 1.54) is 141 Å². The minimum atomic E-state index is -4.30. The zero-order valence-electron chi connectivity index (χ0n) is 36.9. The number of hydrogen-bond donors (Lipinski definition) is 3. The van der Waals surface area contributed by atoms with Crippen LogP contribution >= 0.6 is 7.82 Å². The molecule has 3 N–H and O–H groups in total. The summed E-state index contributed by atoms with van der Waals surface area (Å²) in [5.74, 6) is -0.149. The Bertz CT molecular complexity index is 953. The van der Waals surface area contributed by atoms with Crippen molar-refractivity contribution in [2.24, 2.45) is 0 Å². The Kier molecular flexibility index (Phi) is 37.8. The van der Waals surface area contributed by atoms with Crippen molar-refractivity contribution in [1.82, 2.24) is 5.32 Å². The van der Waals surface area contributed by atoms with Gasteiger partial charge < -0.3 is 19.8 Å². The molecule has 0 rings (SSSR count). The van der Waals surface area contributed by atoms with E-state index in [2.05, 4.69) is 43.5 Å². The van der Waals surface area contributed by atoms with Gasteiger partial charge >= 0.3 is 7.82 Å². The number of unbranched alkanes of at least 4 members (excludes halogenated alkanes) is 25. The van der Waals surface area contributed by atoms with Crippen LogP contribution in [0, 0.1) is 0 Å². The van der Waals surface area contributed by atoms with E-state index in [1.54, 1.807) is 0 Å². The number of nitrogens with zero attached hydrogens (tertiary/aromatic N) is 1. The summed E-state index contributed by atoms with van der Waals surface area (Å²) in [6, 6.07) is -0.754. The molecule has 9 heteroatoms. The lowest BCUT2D eigenvalue weighted by molar-refractivity contribution is -0.870. The summed E-state index contributed by atoms with van der Waals surface area (Å²) < 4.78 is 23.5. The lowest BCUT2D eigenvalue weighted by atomic mass is 10.0. The molecule has 0 bridgehead atoms. The molecule has 0 fully saturated rings. The van der Waals surface area contributed by atoms with Crippen LogP contribution in [0.5, 0.6) is 0 Å². The molecule has 1 amide bonds. The molecule has 3 unspecified atom stereocenters. The number of carbonyl (C=O) groups is 1. The molecule has 8 nitrogen and oxygen atoms in total. The molecule has 3 atom stereocenters. The number of carbonyl (C=O) groups excluding carboxylic acids is 1. The zero-order chi connectivity index (χ0) is 40.7. The average molecular weight is 800 g/mol. The Hall–Kier alpha value is -1.02. The van der Waals surface area contributed by atoms with Gasteiger partial charge in [-0.1, -0.05) is 186 Å². The van der Waals surface area contributed by atoms with Gasteiger partial charge in [0.25, 0.3) is 0 Å². The van der Waals surface area contributed by atoms with E-state index < -0.39 is 20.0 Å². The number of phosphoric acid groups is 1. The first-order valence-electron chi connectivity index (χ1n) is 23.2. The van der Waals surface area contributed by atoms with E-state index >= 15 is 0 Å². The molecule has 55 heavy (non-hydrogen) atoms. The first-order chi connectivity index (χ1) is 26.5. The molecule has 0 aromatic carbocycles. The zero-order valence-corrected chi connectivity index (χ0v) is 37.8. The first kappa shape index (κ1) is 54.0. The number of rotatable bonds is 42. The molecule has 326 valence electrons.